The van der Waals surface area contributed by atoms with Crippen molar-refractivity contribution in [1.82, 2.24) is 0 Å². The van der Waals surface area contributed by atoms with Crippen molar-refractivity contribution in [3.63, 3.8) is 0 Å². The fourth-order valence-electron chi connectivity index (χ4n) is 0.450. The van der Waals surface area contributed by atoms with Crippen LogP contribution in [-0.2, 0) is 12.6 Å². The van der Waals surface area contributed by atoms with E-state index < -0.39 is 0 Å². The minimum absolute atomic E-state index is 1.10. The zero-order chi connectivity index (χ0) is 5.98. The summed E-state index contributed by atoms with van der Waals surface area (Å²) in [5.41, 5.74) is 0. The normalized spacial score (nSPS) is 9.25. The van der Waals surface area contributed by atoms with E-state index in [1.165, 1.54) is 0 Å². The van der Waals surface area contributed by atoms with Gasteiger partial charge in [-0.3, -0.25) is 0 Å². The molecule has 0 aliphatic rings. The highest BCUT2D eigenvalue weighted by molar-refractivity contribution is 9.10. The van der Waals surface area contributed by atoms with E-state index in [9.17, 15) is 0 Å². The maximum Gasteiger partial charge on any atom is 0.150 e. The van der Waals surface area contributed by atoms with Crippen molar-refractivity contribution in [3.8, 4) is 0 Å². The molecule has 0 aromatic heterocycles. The minimum Gasteiger partial charge on any atom is -0.0508 e. The highest BCUT2D eigenvalue weighted by Gasteiger charge is 1.87. The molecule has 8 heavy (non-hydrogen) atoms. The largest absolute Gasteiger partial charge is 0.150 e. The Kier molecular flexibility index (Phi) is 1.97. The monoisotopic (exact) mass is 189 g/mol. The van der Waals surface area contributed by atoms with Gasteiger partial charge in [0.15, 0.2) is 0 Å². The number of rotatable bonds is 0. The summed E-state index contributed by atoms with van der Waals surface area (Å²) in [6, 6.07) is 7.95. The number of halogens is 1. The van der Waals surface area contributed by atoms with Gasteiger partial charge < -0.3 is 0 Å². The maximum absolute atomic E-state index is 3.37. The van der Waals surface area contributed by atoms with E-state index in [0.717, 1.165) is 9.37 Å². The Hall–Kier alpha value is 0.0500. The second-order valence-electron chi connectivity index (χ2n) is 1.51. The van der Waals surface area contributed by atoms with Crippen LogP contribution in [-0.4, -0.2) is 0 Å². The third-order valence-corrected chi connectivity index (χ3v) is 1.71. The van der Waals surface area contributed by atoms with Gasteiger partial charge in [-0.2, -0.15) is 0 Å². The summed E-state index contributed by atoms with van der Waals surface area (Å²) in [5.74, 6) is 0. The lowest BCUT2D eigenvalue weighted by atomic mass is 10.4. The smallest absolute Gasteiger partial charge is 0.0508 e. The van der Waals surface area contributed by atoms with Crippen molar-refractivity contribution >= 4 is 28.6 Å². The van der Waals surface area contributed by atoms with Gasteiger partial charge in [0.05, 0.1) is 0 Å². The second kappa shape index (κ2) is 2.55. The van der Waals surface area contributed by atoms with Crippen molar-refractivity contribution in [2.24, 2.45) is 0 Å². The van der Waals surface area contributed by atoms with Crippen LogP contribution in [0.1, 0.15) is 0 Å². The van der Waals surface area contributed by atoms with E-state index >= 15 is 0 Å². The second-order valence-corrected chi connectivity index (χ2v) is 3.00. The number of hydrogen-bond acceptors (Lipinski definition) is 0. The maximum atomic E-state index is 3.37. The van der Waals surface area contributed by atoms with E-state index in [1.54, 1.807) is 0 Å². The van der Waals surface area contributed by atoms with Crippen LogP contribution >= 0.6 is 15.9 Å². The molecule has 0 radical (unpaired) electrons. The summed E-state index contributed by atoms with van der Waals surface area (Å²) in [7, 11) is 0. The van der Waals surface area contributed by atoms with E-state index in [4.69, 9.17) is 0 Å². The zero-order valence-corrected chi connectivity index (χ0v) is 6.77. The molecule has 0 amide bonds. The molecule has 0 aliphatic carbocycles. The average molecular weight is 190 g/mol. The molecule has 1 aromatic rings. The lowest BCUT2D eigenvalue weighted by molar-refractivity contribution is 1.45. The molecule has 0 N–H and O–H groups in total. The molecule has 0 spiro atoms. The van der Waals surface area contributed by atoms with Crippen LogP contribution in [0.25, 0.3) is 0 Å². The van der Waals surface area contributed by atoms with Gasteiger partial charge in [-0.05, 0) is 36.9 Å². The van der Waals surface area contributed by atoms with Crippen LogP contribution in [0.4, 0.5) is 0 Å². The molecule has 42 valence electrons. The molecule has 0 nitrogen and oxygen atoms in total. The predicted octanol–water partition coefficient (Wildman–Crippen LogP) is 1.82. The molecule has 0 aliphatic heterocycles. The minimum atomic E-state index is 1.10. The highest BCUT2D eigenvalue weighted by Crippen LogP contribution is 2.09. The highest BCUT2D eigenvalue weighted by atomic mass is 79.9. The Balaban J connectivity index is 3.03. The van der Waals surface area contributed by atoms with Crippen LogP contribution < -0.4 is 0 Å². The molecule has 0 atom stereocenters. The fraction of sp³-hybridized carbons (Fsp3) is 0. The van der Waals surface area contributed by atoms with Crippen molar-refractivity contribution in [1.29, 1.82) is 0 Å². The van der Waals surface area contributed by atoms with E-state index in [2.05, 4.69) is 28.6 Å². The van der Waals surface area contributed by atoms with Gasteiger partial charge in [-0.15, -0.1) is 0 Å². The lowest BCUT2D eigenvalue weighted by Gasteiger charge is -1.83. The van der Waals surface area contributed by atoms with Gasteiger partial charge in [0.25, 0.3) is 0 Å². The van der Waals surface area contributed by atoms with E-state index in [1.807, 2.05) is 24.3 Å². The summed E-state index contributed by atoms with van der Waals surface area (Å²) >= 11 is 6.69. The fourth-order valence-corrected chi connectivity index (χ4v) is 0.881. The van der Waals surface area contributed by atoms with Gasteiger partial charge in [-0.1, -0.05) is 15.9 Å². The average Bonchev–Trinajstić information content (AvgIpc) is 1.77. The van der Waals surface area contributed by atoms with Gasteiger partial charge in [0.2, 0.25) is 0 Å². The first-order chi connectivity index (χ1) is 3.79. The quantitative estimate of drug-likeness (QED) is 0.547. The van der Waals surface area contributed by atoms with Crippen molar-refractivity contribution in [2.45, 2.75) is 4.90 Å². The first-order valence-corrected chi connectivity index (χ1v) is 3.55. The molecule has 0 unspecified atom stereocenters. The van der Waals surface area contributed by atoms with Gasteiger partial charge in [-0.25, -0.2) is 0 Å². The number of benzene rings is 1. The Morgan fingerprint density at radius 1 is 1.12 bits per heavy atom. The molecule has 2 heteroatoms. The summed E-state index contributed by atoms with van der Waals surface area (Å²) in [4.78, 5) is 1.10. The molecule has 1 rings (SSSR count). The zero-order valence-electron chi connectivity index (χ0n) is 4.19. The van der Waals surface area contributed by atoms with Gasteiger partial charge in [0.1, 0.15) is 4.90 Å². The summed E-state index contributed by atoms with van der Waals surface area (Å²) in [6.45, 7) is 0. The first-order valence-electron chi connectivity index (χ1n) is 2.26. The third kappa shape index (κ3) is 1.53. The lowest BCUT2D eigenvalue weighted by Crippen LogP contribution is -1.66. The van der Waals surface area contributed by atoms with Crippen molar-refractivity contribution in [3.05, 3.63) is 28.7 Å². The van der Waals surface area contributed by atoms with Crippen molar-refractivity contribution < 1.29 is 0 Å². The van der Waals surface area contributed by atoms with Crippen LogP contribution in [0, 0.1) is 0 Å². The SMILES string of the molecule is [SH2+]c1ccc(Br)cc1. The third-order valence-electron chi connectivity index (χ3n) is 0.844. The van der Waals surface area contributed by atoms with Crippen molar-refractivity contribution in [2.75, 3.05) is 0 Å². The molecule has 1 aromatic carbocycles. The van der Waals surface area contributed by atoms with Crippen LogP contribution in [0.15, 0.2) is 33.6 Å². The predicted molar refractivity (Wildman–Crippen MR) is 42.6 cm³/mol. The number of hydrogen-bond donors (Lipinski definition) is 0. The van der Waals surface area contributed by atoms with E-state index in [0.29, 0.717) is 0 Å². The Bertz CT molecular complexity index is 147. The summed E-state index contributed by atoms with van der Waals surface area (Å²) < 4.78 is 1.11. The van der Waals surface area contributed by atoms with Crippen LogP contribution in [0.2, 0.25) is 0 Å². The molecular weight excluding hydrogens is 184 g/mol. The van der Waals surface area contributed by atoms with Gasteiger partial charge in [0, 0.05) is 4.47 Å². The molecule has 0 fully saturated rings. The summed E-state index contributed by atoms with van der Waals surface area (Å²) in [6.07, 6.45) is 0. The topological polar surface area (TPSA) is 0 Å². The van der Waals surface area contributed by atoms with Crippen LogP contribution in [0.3, 0.4) is 0 Å². The standard InChI is InChI=1S/C6H5BrS/c7-5-1-3-6(8)4-2-5/h1-4,8H/p+1. The van der Waals surface area contributed by atoms with E-state index in [-0.39, 0.29) is 0 Å². The molecule has 0 heterocycles. The Labute approximate surface area is 62.5 Å². The van der Waals surface area contributed by atoms with Gasteiger partial charge >= 0.3 is 0 Å². The Morgan fingerprint density at radius 3 is 2.00 bits per heavy atom. The molecule has 0 saturated heterocycles. The Morgan fingerprint density at radius 2 is 1.62 bits per heavy atom. The summed E-state index contributed by atoms with van der Waals surface area (Å²) in [5, 5.41) is 0. The molecular formula is C6H6BrS+. The van der Waals surface area contributed by atoms with Crippen LogP contribution in [0.5, 0.6) is 0 Å². The molecule has 0 saturated carbocycles. The molecule has 0 bridgehead atoms. The first kappa shape index (κ1) is 6.17.